The van der Waals surface area contributed by atoms with Gasteiger partial charge in [0.05, 0.1) is 19.8 Å². The molecule has 0 aromatic heterocycles. The molecule has 4 nitrogen and oxygen atoms in total. The summed E-state index contributed by atoms with van der Waals surface area (Å²) in [6.07, 6.45) is -5.13. The normalized spacial score (nSPS) is 20.3. The van der Waals surface area contributed by atoms with E-state index in [1.54, 1.807) is 0 Å². The minimum Gasteiger partial charge on any atom is -0.504 e. The van der Waals surface area contributed by atoms with Crippen LogP contribution in [-0.4, -0.2) is 31.9 Å². The van der Waals surface area contributed by atoms with Crippen LogP contribution < -0.4 is 10.1 Å². The predicted molar refractivity (Wildman–Crippen MR) is 61.2 cm³/mol. The van der Waals surface area contributed by atoms with Crippen LogP contribution in [0.25, 0.3) is 0 Å². The molecule has 1 atom stereocenters. The van der Waals surface area contributed by atoms with Gasteiger partial charge in [0, 0.05) is 13.1 Å². The maximum atomic E-state index is 12.8. The average molecular weight is 277 g/mol. The molecular weight excluding hydrogens is 263 g/mol. The molecule has 1 fully saturated rings. The van der Waals surface area contributed by atoms with Crippen molar-refractivity contribution in [1.29, 1.82) is 0 Å². The molecular formula is C12H14F3NO3. The van der Waals surface area contributed by atoms with Gasteiger partial charge in [0.2, 0.25) is 0 Å². The molecule has 0 aliphatic carbocycles. The van der Waals surface area contributed by atoms with Crippen LogP contribution in [0.15, 0.2) is 12.1 Å². The van der Waals surface area contributed by atoms with Gasteiger partial charge < -0.3 is 19.9 Å². The minimum absolute atomic E-state index is 0.209. The number of nitrogens with one attached hydrogen (secondary N) is 1. The highest BCUT2D eigenvalue weighted by Crippen LogP contribution is 2.43. The van der Waals surface area contributed by atoms with Crippen LogP contribution in [0.3, 0.4) is 0 Å². The Morgan fingerprint density at radius 3 is 2.68 bits per heavy atom. The van der Waals surface area contributed by atoms with E-state index in [2.05, 4.69) is 5.32 Å². The first-order chi connectivity index (χ1) is 8.93. The van der Waals surface area contributed by atoms with Crippen LogP contribution in [0.1, 0.15) is 17.2 Å². The zero-order valence-electron chi connectivity index (χ0n) is 10.3. The second kappa shape index (κ2) is 5.26. The van der Waals surface area contributed by atoms with Crippen molar-refractivity contribution < 1.29 is 27.8 Å². The summed E-state index contributed by atoms with van der Waals surface area (Å²) >= 11 is 0. The first kappa shape index (κ1) is 14.0. The Labute approximate surface area is 108 Å². The van der Waals surface area contributed by atoms with Gasteiger partial charge in [-0.2, -0.15) is 13.2 Å². The van der Waals surface area contributed by atoms with Crippen LogP contribution in [-0.2, 0) is 10.9 Å². The Hall–Kier alpha value is -1.47. The molecule has 19 heavy (non-hydrogen) atoms. The molecule has 1 saturated heterocycles. The molecule has 1 aliphatic rings. The molecule has 1 aromatic rings. The number of rotatable bonds is 2. The number of hydrogen-bond donors (Lipinski definition) is 2. The molecule has 0 saturated carbocycles. The quantitative estimate of drug-likeness (QED) is 0.869. The minimum atomic E-state index is -4.64. The van der Waals surface area contributed by atoms with E-state index < -0.39 is 23.6 Å². The standard InChI is InChI=1S/C12H14F3NO3/c1-18-9-5-7(10-6-16-2-3-19-10)4-8(11(9)17)12(13,14)15/h4-5,10,16-17H,2-3,6H2,1H3. The zero-order valence-corrected chi connectivity index (χ0v) is 10.3. The number of methoxy groups -OCH3 is 1. The summed E-state index contributed by atoms with van der Waals surface area (Å²) in [6.45, 7) is 1.51. The van der Waals surface area contributed by atoms with Gasteiger partial charge in [-0.15, -0.1) is 0 Å². The van der Waals surface area contributed by atoms with Crippen molar-refractivity contribution in [2.24, 2.45) is 0 Å². The van der Waals surface area contributed by atoms with Gasteiger partial charge in [-0.25, -0.2) is 0 Å². The maximum Gasteiger partial charge on any atom is 0.420 e. The van der Waals surface area contributed by atoms with Crippen molar-refractivity contribution in [1.82, 2.24) is 5.32 Å². The topological polar surface area (TPSA) is 50.7 Å². The lowest BCUT2D eigenvalue weighted by molar-refractivity contribution is -0.139. The van der Waals surface area contributed by atoms with E-state index in [1.807, 2.05) is 0 Å². The Morgan fingerprint density at radius 1 is 1.42 bits per heavy atom. The summed E-state index contributed by atoms with van der Waals surface area (Å²) < 4.78 is 48.7. The van der Waals surface area contributed by atoms with Gasteiger partial charge in [0.15, 0.2) is 11.5 Å². The third-order valence-electron chi connectivity index (χ3n) is 2.92. The van der Waals surface area contributed by atoms with Crippen molar-refractivity contribution in [3.8, 4) is 11.5 Å². The van der Waals surface area contributed by atoms with Crippen molar-refractivity contribution in [2.75, 3.05) is 26.8 Å². The van der Waals surface area contributed by atoms with Gasteiger partial charge >= 0.3 is 6.18 Å². The highest BCUT2D eigenvalue weighted by atomic mass is 19.4. The molecule has 1 aromatic carbocycles. The highest BCUT2D eigenvalue weighted by molar-refractivity contribution is 5.50. The van der Waals surface area contributed by atoms with Crippen LogP contribution in [0.4, 0.5) is 13.2 Å². The fourth-order valence-electron chi connectivity index (χ4n) is 1.97. The number of phenols is 1. The lowest BCUT2D eigenvalue weighted by Crippen LogP contribution is -2.33. The maximum absolute atomic E-state index is 12.8. The number of phenolic OH excluding ortho intramolecular Hbond substituents is 1. The molecule has 0 spiro atoms. The van der Waals surface area contributed by atoms with Gasteiger partial charge in [-0.05, 0) is 17.7 Å². The number of ether oxygens (including phenoxy) is 2. The fraction of sp³-hybridized carbons (Fsp3) is 0.500. The Balaban J connectivity index is 2.44. The second-order valence-electron chi connectivity index (χ2n) is 4.18. The van der Waals surface area contributed by atoms with E-state index in [1.165, 1.54) is 13.2 Å². The lowest BCUT2D eigenvalue weighted by Gasteiger charge is -2.25. The summed E-state index contributed by atoms with van der Waals surface area (Å²) in [5, 5.41) is 12.6. The van der Waals surface area contributed by atoms with Crippen LogP contribution >= 0.6 is 0 Å². The second-order valence-corrected chi connectivity index (χ2v) is 4.18. The number of halogens is 3. The summed E-state index contributed by atoms with van der Waals surface area (Å²) in [5.74, 6) is -1.11. The van der Waals surface area contributed by atoms with E-state index in [4.69, 9.17) is 9.47 Å². The largest absolute Gasteiger partial charge is 0.504 e. The summed E-state index contributed by atoms with van der Waals surface area (Å²) in [4.78, 5) is 0. The van der Waals surface area contributed by atoms with E-state index in [0.29, 0.717) is 25.3 Å². The lowest BCUT2D eigenvalue weighted by atomic mass is 10.0. The molecule has 7 heteroatoms. The predicted octanol–water partition coefficient (Wildman–Crippen LogP) is 2.08. The third kappa shape index (κ3) is 2.93. The van der Waals surface area contributed by atoms with Gasteiger partial charge in [0.25, 0.3) is 0 Å². The zero-order chi connectivity index (χ0) is 14.0. The van der Waals surface area contributed by atoms with Crippen LogP contribution in [0, 0.1) is 0 Å². The molecule has 1 unspecified atom stereocenters. The Kier molecular flexibility index (Phi) is 3.86. The van der Waals surface area contributed by atoms with Crippen molar-refractivity contribution in [3.63, 3.8) is 0 Å². The molecule has 2 N–H and O–H groups in total. The Morgan fingerprint density at radius 2 is 2.16 bits per heavy atom. The van der Waals surface area contributed by atoms with Crippen molar-refractivity contribution >= 4 is 0 Å². The molecule has 106 valence electrons. The van der Waals surface area contributed by atoms with Gasteiger partial charge in [-0.1, -0.05) is 0 Å². The third-order valence-corrected chi connectivity index (χ3v) is 2.92. The number of alkyl halides is 3. The number of morpholine rings is 1. The molecule has 0 amide bonds. The molecule has 0 radical (unpaired) electrons. The Bertz CT molecular complexity index is 456. The summed E-state index contributed by atoms with van der Waals surface area (Å²) in [6, 6.07) is 2.26. The van der Waals surface area contributed by atoms with Crippen LogP contribution in [0.5, 0.6) is 11.5 Å². The van der Waals surface area contributed by atoms with Gasteiger partial charge in [0.1, 0.15) is 5.56 Å². The van der Waals surface area contributed by atoms with E-state index in [-0.39, 0.29) is 5.75 Å². The molecule has 1 heterocycles. The number of benzene rings is 1. The summed E-state index contributed by atoms with van der Waals surface area (Å²) in [7, 11) is 1.21. The van der Waals surface area contributed by atoms with Gasteiger partial charge in [-0.3, -0.25) is 0 Å². The molecule has 2 rings (SSSR count). The average Bonchev–Trinajstić information content (AvgIpc) is 2.38. The molecule has 1 aliphatic heterocycles. The van der Waals surface area contributed by atoms with E-state index >= 15 is 0 Å². The number of hydrogen-bond acceptors (Lipinski definition) is 4. The fourth-order valence-corrected chi connectivity index (χ4v) is 1.97. The SMILES string of the molecule is COc1cc(C2CNCCO2)cc(C(F)(F)F)c1O. The first-order valence-corrected chi connectivity index (χ1v) is 5.74. The van der Waals surface area contributed by atoms with E-state index in [0.717, 1.165) is 6.07 Å². The smallest absolute Gasteiger partial charge is 0.420 e. The monoisotopic (exact) mass is 277 g/mol. The van der Waals surface area contributed by atoms with Crippen molar-refractivity contribution in [2.45, 2.75) is 12.3 Å². The number of aromatic hydroxyl groups is 1. The first-order valence-electron chi connectivity index (χ1n) is 5.74. The molecule has 0 bridgehead atoms. The van der Waals surface area contributed by atoms with E-state index in [9.17, 15) is 18.3 Å². The highest BCUT2D eigenvalue weighted by Gasteiger charge is 2.36. The van der Waals surface area contributed by atoms with Crippen molar-refractivity contribution in [3.05, 3.63) is 23.3 Å². The summed E-state index contributed by atoms with van der Waals surface area (Å²) in [5.41, 5.74) is -0.787. The van der Waals surface area contributed by atoms with Crippen LogP contribution in [0.2, 0.25) is 0 Å².